The van der Waals surface area contributed by atoms with E-state index in [0.29, 0.717) is 18.5 Å². The van der Waals surface area contributed by atoms with Crippen molar-refractivity contribution in [1.29, 1.82) is 0 Å². The zero-order chi connectivity index (χ0) is 16.9. The zero-order valence-corrected chi connectivity index (χ0v) is 13.1. The van der Waals surface area contributed by atoms with Crippen molar-refractivity contribution in [1.82, 2.24) is 5.32 Å². The lowest BCUT2D eigenvalue weighted by atomic mass is 10.2. The molecule has 0 unspecified atom stereocenters. The second kappa shape index (κ2) is 11.0. The van der Waals surface area contributed by atoms with E-state index in [4.69, 9.17) is 5.26 Å². The van der Waals surface area contributed by atoms with Gasteiger partial charge in [-0.25, -0.2) is 4.79 Å². The highest BCUT2D eigenvalue weighted by Gasteiger charge is 2.02. The van der Waals surface area contributed by atoms with Gasteiger partial charge in [0.15, 0.2) is 0 Å². The van der Waals surface area contributed by atoms with Crippen molar-refractivity contribution in [2.75, 3.05) is 0 Å². The van der Waals surface area contributed by atoms with Crippen molar-refractivity contribution in [3.63, 3.8) is 0 Å². The van der Waals surface area contributed by atoms with Crippen LogP contribution in [0, 0.1) is 0 Å². The van der Waals surface area contributed by atoms with Gasteiger partial charge < -0.3 is 10.2 Å². The molecule has 2 aromatic carbocycles. The lowest BCUT2D eigenvalue weighted by Crippen LogP contribution is -2.22. The first-order valence-corrected chi connectivity index (χ1v) is 7.38. The minimum absolute atomic E-state index is 0.0375. The molecule has 0 bridgehead atoms. The minimum atomic E-state index is -0.567. The Bertz CT molecular complexity index is 584. The molecule has 5 heteroatoms. The monoisotopic (exact) mass is 315 g/mol. The maximum atomic E-state index is 11.7. The summed E-state index contributed by atoms with van der Waals surface area (Å²) in [6.07, 6.45) is 0.996. The van der Waals surface area contributed by atoms with Crippen LogP contribution in [0.15, 0.2) is 60.7 Å². The van der Waals surface area contributed by atoms with Gasteiger partial charge in [-0.2, -0.15) is 5.26 Å². The van der Waals surface area contributed by atoms with Crippen molar-refractivity contribution in [3.8, 4) is 0 Å². The molecule has 0 fully saturated rings. The first-order chi connectivity index (χ1) is 11.2. The van der Waals surface area contributed by atoms with Crippen LogP contribution >= 0.6 is 0 Å². The minimum Gasteiger partial charge on any atom is -0.348 e. The Hall–Kier alpha value is -2.66. The highest BCUT2D eigenvalue weighted by molar-refractivity contribution is 5.94. The van der Waals surface area contributed by atoms with E-state index in [1.54, 1.807) is 12.1 Å². The van der Waals surface area contributed by atoms with E-state index in [0.717, 1.165) is 5.56 Å². The summed E-state index contributed by atoms with van der Waals surface area (Å²) in [4.78, 5) is 25.0. The molecule has 0 saturated heterocycles. The van der Waals surface area contributed by atoms with Gasteiger partial charge in [0.1, 0.15) is 0 Å². The molecule has 2 aromatic rings. The normalized spacial score (nSPS) is 9.30. The van der Waals surface area contributed by atoms with E-state index in [1.807, 2.05) is 55.5 Å². The lowest BCUT2D eigenvalue weighted by molar-refractivity contribution is -0.234. The third kappa shape index (κ3) is 7.78. The smallest absolute Gasteiger partial charge is 0.342 e. The number of benzene rings is 2. The van der Waals surface area contributed by atoms with E-state index < -0.39 is 5.97 Å². The number of nitrogens with one attached hydrogen (secondary N) is 1. The standard InChI is InChI=1S/C14H13NO.C4H8O3/c16-14(13-9-5-2-6-10-13)15-11-12-7-3-1-4-8-12;1-2-3-4(5)7-6/h1-10H,11H2,(H,15,16);6H,2-3H2,1H3. The van der Waals surface area contributed by atoms with Gasteiger partial charge >= 0.3 is 5.97 Å². The number of carbonyl (C=O) groups is 2. The SMILES string of the molecule is CCCC(=O)OO.O=C(NCc1ccccc1)c1ccccc1. The summed E-state index contributed by atoms with van der Waals surface area (Å²) in [5.74, 6) is -0.605. The van der Waals surface area contributed by atoms with Crippen LogP contribution in [-0.2, 0) is 16.2 Å². The summed E-state index contributed by atoms with van der Waals surface area (Å²) in [5, 5.41) is 10.5. The molecule has 0 aliphatic rings. The molecule has 122 valence electrons. The van der Waals surface area contributed by atoms with E-state index in [-0.39, 0.29) is 12.3 Å². The third-order valence-electron chi connectivity index (χ3n) is 2.89. The number of amides is 1. The molecule has 0 aliphatic heterocycles. The zero-order valence-electron chi connectivity index (χ0n) is 13.1. The highest BCUT2D eigenvalue weighted by atomic mass is 17.1. The van der Waals surface area contributed by atoms with Crippen LogP contribution in [0.4, 0.5) is 0 Å². The Morgan fingerprint density at radius 2 is 1.57 bits per heavy atom. The Kier molecular flexibility index (Phi) is 8.78. The predicted octanol–water partition coefficient (Wildman–Crippen LogP) is 3.42. The molecular weight excluding hydrogens is 294 g/mol. The van der Waals surface area contributed by atoms with Gasteiger partial charge in [0, 0.05) is 18.5 Å². The molecule has 0 spiro atoms. The molecule has 0 aliphatic carbocycles. The van der Waals surface area contributed by atoms with Crippen LogP contribution in [-0.4, -0.2) is 17.1 Å². The van der Waals surface area contributed by atoms with Crippen LogP contribution < -0.4 is 5.32 Å². The molecule has 2 N–H and O–H groups in total. The second-order valence-electron chi connectivity index (χ2n) is 4.75. The average Bonchev–Trinajstić information content (AvgIpc) is 2.62. The number of hydrogen-bond acceptors (Lipinski definition) is 4. The third-order valence-corrected chi connectivity index (χ3v) is 2.89. The number of carbonyl (C=O) groups excluding carboxylic acids is 2. The maximum Gasteiger partial charge on any atom is 0.342 e. The summed E-state index contributed by atoms with van der Waals surface area (Å²) < 4.78 is 0. The van der Waals surface area contributed by atoms with Gasteiger partial charge in [-0.05, 0) is 24.1 Å². The van der Waals surface area contributed by atoms with Crippen LogP contribution in [0.1, 0.15) is 35.7 Å². The number of hydrogen-bond donors (Lipinski definition) is 2. The summed E-state index contributed by atoms with van der Waals surface area (Å²) in [6.45, 7) is 2.39. The molecule has 5 nitrogen and oxygen atoms in total. The van der Waals surface area contributed by atoms with Gasteiger partial charge in [0.2, 0.25) is 0 Å². The van der Waals surface area contributed by atoms with Crippen LogP contribution in [0.25, 0.3) is 0 Å². The topological polar surface area (TPSA) is 75.6 Å². The fraction of sp³-hybridized carbons (Fsp3) is 0.222. The van der Waals surface area contributed by atoms with Gasteiger partial charge in [-0.15, -0.1) is 0 Å². The van der Waals surface area contributed by atoms with Gasteiger partial charge in [-0.3, -0.25) is 4.79 Å². The molecular formula is C18H21NO4. The van der Waals surface area contributed by atoms with E-state index >= 15 is 0 Å². The molecule has 0 saturated carbocycles. The summed E-state index contributed by atoms with van der Waals surface area (Å²) in [5.41, 5.74) is 1.80. The first-order valence-electron chi connectivity index (χ1n) is 7.38. The predicted molar refractivity (Wildman–Crippen MR) is 87.7 cm³/mol. The van der Waals surface area contributed by atoms with E-state index in [1.165, 1.54) is 0 Å². The fourth-order valence-corrected chi connectivity index (χ4v) is 1.72. The summed E-state index contributed by atoms with van der Waals surface area (Å²) >= 11 is 0. The summed E-state index contributed by atoms with van der Waals surface area (Å²) in [6, 6.07) is 19.1. The van der Waals surface area contributed by atoms with Crippen molar-refractivity contribution in [2.24, 2.45) is 0 Å². The molecule has 0 aromatic heterocycles. The van der Waals surface area contributed by atoms with Gasteiger partial charge in [0.05, 0.1) is 0 Å². The van der Waals surface area contributed by atoms with Crippen molar-refractivity contribution in [2.45, 2.75) is 26.3 Å². The molecule has 0 radical (unpaired) electrons. The maximum absolute atomic E-state index is 11.7. The molecule has 0 atom stereocenters. The van der Waals surface area contributed by atoms with Crippen LogP contribution in [0.2, 0.25) is 0 Å². The van der Waals surface area contributed by atoms with Gasteiger partial charge in [-0.1, -0.05) is 55.5 Å². The van der Waals surface area contributed by atoms with Gasteiger partial charge in [0.25, 0.3) is 5.91 Å². The van der Waals surface area contributed by atoms with E-state index in [9.17, 15) is 9.59 Å². The number of rotatable bonds is 5. The molecule has 1 amide bonds. The molecule has 0 heterocycles. The quantitative estimate of drug-likeness (QED) is 0.655. The average molecular weight is 315 g/mol. The van der Waals surface area contributed by atoms with Crippen LogP contribution in [0.3, 0.4) is 0 Å². The Labute approximate surface area is 135 Å². The Balaban J connectivity index is 0.000000322. The second-order valence-corrected chi connectivity index (χ2v) is 4.75. The Morgan fingerprint density at radius 3 is 2.04 bits per heavy atom. The fourth-order valence-electron chi connectivity index (χ4n) is 1.72. The van der Waals surface area contributed by atoms with Crippen LogP contribution in [0.5, 0.6) is 0 Å². The van der Waals surface area contributed by atoms with Crippen molar-refractivity contribution < 1.29 is 19.7 Å². The summed E-state index contributed by atoms with van der Waals surface area (Å²) in [7, 11) is 0. The molecule has 23 heavy (non-hydrogen) atoms. The largest absolute Gasteiger partial charge is 0.348 e. The first kappa shape index (κ1) is 18.4. The highest BCUT2D eigenvalue weighted by Crippen LogP contribution is 2.01. The van der Waals surface area contributed by atoms with Crippen molar-refractivity contribution in [3.05, 3.63) is 71.8 Å². The Morgan fingerprint density at radius 1 is 1.00 bits per heavy atom. The van der Waals surface area contributed by atoms with Crippen molar-refractivity contribution >= 4 is 11.9 Å². The lowest BCUT2D eigenvalue weighted by Gasteiger charge is -2.04. The molecule has 2 rings (SSSR count). The van der Waals surface area contributed by atoms with E-state index in [2.05, 4.69) is 10.2 Å².